The van der Waals surface area contributed by atoms with Crippen LogP contribution in [0, 0.1) is 13.8 Å². The number of carboxylic acids is 1. The molecule has 2 aromatic carbocycles. The van der Waals surface area contributed by atoms with E-state index in [1.807, 2.05) is 30.3 Å². The van der Waals surface area contributed by atoms with Gasteiger partial charge < -0.3 is 20.1 Å². The van der Waals surface area contributed by atoms with Crippen LogP contribution in [0.1, 0.15) is 34.3 Å². The van der Waals surface area contributed by atoms with Gasteiger partial charge in [-0.25, -0.2) is 4.79 Å². The molecule has 0 saturated carbocycles. The zero-order chi connectivity index (χ0) is 21.0. The maximum absolute atomic E-state index is 12.9. The van der Waals surface area contributed by atoms with E-state index in [9.17, 15) is 14.4 Å². The van der Waals surface area contributed by atoms with Crippen LogP contribution in [0.25, 0.3) is 0 Å². The average molecular weight is 396 g/mol. The second kappa shape index (κ2) is 8.77. The molecule has 7 heteroatoms. The molecule has 152 valence electrons. The summed E-state index contributed by atoms with van der Waals surface area (Å²) in [6, 6.07) is 12.1. The highest BCUT2D eigenvalue weighted by atomic mass is 16.5. The molecule has 3 rings (SSSR count). The van der Waals surface area contributed by atoms with Crippen molar-refractivity contribution in [3.8, 4) is 5.75 Å². The fourth-order valence-electron chi connectivity index (χ4n) is 3.56. The third-order valence-corrected chi connectivity index (χ3v) is 4.87. The molecule has 2 aromatic rings. The zero-order valence-electron chi connectivity index (χ0n) is 16.5. The first-order chi connectivity index (χ1) is 13.9. The first-order valence-corrected chi connectivity index (χ1v) is 9.50. The number of carboxylic acid groups (broad SMARTS) is 1. The molecular formula is C22H24N2O5. The number of rotatable bonds is 6. The number of hydrogen-bond acceptors (Lipinski definition) is 4. The number of hydrogen-bond donors (Lipinski definition) is 2. The van der Waals surface area contributed by atoms with E-state index >= 15 is 0 Å². The van der Waals surface area contributed by atoms with E-state index in [2.05, 4.69) is 5.32 Å². The number of ether oxygens (including phenoxy) is 1. The number of carbonyl (C=O) groups excluding carboxylic acids is 2. The Morgan fingerprint density at radius 3 is 2.45 bits per heavy atom. The van der Waals surface area contributed by atoms with Crippen LogP contribution < -0.4 is 15.0 Å². The molecule has 1 heterocycles. The molecule has 1 unspecified atom stereocenters. The second-order valence-corrected chi connectivity index (χ2v) is 7.12. The largest absolute Gasteiger partial charge is 0.481 e. The first kappa shape index (κ1) is 20.4. The van der Waals surface area contributed by atoms with Crippen LogP contribution in [0.3, 0.4) is 0 Å². The molecule has 1 saturated heterocycles. The summed E-state index contributed by atoms with van der Waals surface area (Å²) in [6.45, 7) is 3.69. The van der Waals surface area contributed by atoms with Crippen molar-refractivity contribution in [2.24, 2.45) is 0 Å². The number of aliphatic carboxylic acids is 1. The number of nitrogens with zero attached hydrogens (tertiary/aromatic N) is 1. The summed E-state index contributed by atoms with van der Waals surface area (Å²) in [4.78, 5) is 38.1. The van der Waals surface area contributed by atoms with E-state index in [1.54, 1.807) is 30.9 Å². The van der Waals surface area contributed by atoms with Gasteiger partial charge in [0.25, 0.3) is 5.91 Å². The number of para-hydroxylation sites is 1. The van der Waals surface area contributed by atoms with Crippen molar-refractivity contribution >= 4 is 23.5 Å². The first-order valence-electron chi connectivity index (χ1n) is 9.50. The maximum Gasteiger partial charge on any atom is 0.341 e. The standard InChI is InChI=1S/C22H24N2O5/c1-14-11-16(12-15(2)20(14)29-13-19(25)26)21(27)23-18-9-6-10-24(22(18)28)17-7-4-3-5-8-17/h3-5,7-8,11-12,18H,6,9-10,13H2,1-2H3,(H,23,27)(H,25,26). The molecule has 0 spiro atoms. The van der Waals surface area contributed by atoms with Gasteiger partial charge in [0.15, 0.2) is 6.61 Å². The number of nitrogens with one attached hydrogen (secondary N) is 1. The summed E-state index contributed by atoms with van der Waals surface area (Å²) in [5.74, 6) is -1.07. The Balaban J connectivity index is 1.72. The van der Waals surface area contributed by atoms with Crippen LogP contribution >= 0.6 is 0 Å². The van der Waals surface area contributed by atoms with Gasteiger partial charge in [0.05, 0.1) is 0 Å². The van der Waals surface area contributed by atoms with Gasteiger partial charge in [-0.3, -0.25) is 9.59 Å². The maximum atomic E-state index is 12.9. The predicted octanol–water partition coefficient (Wildman–Crippen LogP) is 2.69. The molecule has 0 radical (unpaired) electrons. The molecule has 0 aliphatic carbocycles. The molecule has 7 nitrogen and oxygen atoms in total. The average Bonchev–Trinajstić information content (AvgIpc) is 2.69. The van der Waals surface area contributed by atoms with Crippen molar-refractivity contribution in [2.45, 2.75) is 32.7 Å². The lowest BCUT2D eigenvalue weighted by molar-refractivity contribution is -0.139. The third-order valence-electron chi connectivity index (χ3n) is 4.87. The lowest BCUT2D eigenvalue weighted by Gasteiger charge is -2.32. The highest BCUT2D eigenvalue weighted by Crippen LogP contribution is 2.25. The fraction of sp³-hybridized carbons (Fsp3) is 0.318. The number of piperidine rings is 1. The molecule has 1 aliphatic heterocycles. The Bertz CT molecular complexity index is 903. The summed E-state index contributed by atoms with van der Waals surface area (Å²) in [6.07, 6.45) is 1.39. The van der Waals surface area contributed by atoms with Crippen molar-refractivity contribution in [1.29, 1.82) is 0 Å². The number of benzene rings is 2. The molecule has 0 aromatic heterocycles. The summed E-state index contributed by atoms with van der Waals surface area (Å²) < 4.78 is 5.30. The Hall–Kier alpha value is -3.35. The Kier molecular flexibility index (Phi) is 6.16. The van der Waals surface area contributed by atoms with Crippen molar-refractivity contribution in [1.82, 2.24) is 5.32 Å². The lowest BCUT2D eigenvalue weighted by atomic mass is 10.0. The van der Waals surface area contributed by atoms with Crippen LogP contribution in [0.15, 0.2) is 42.5 Å². The minimum absolute atomic E-state index is 0.120. The van der Waals surface area contributed by atoms with Crippen molar-refractivity contribution in [3.05, 3.63) is 59.2 Å². The van der Waals surface area contributed by atoms with E-state index in [-0.39, 0.29) is 11.8 Å². The lowest BCUT2D eigenvalue weighted by Crippen LogP contribution is -2.52. The summed E-state index contributed by atoms with van der Waals surface area (Å²) in [5, 5.41) is 11.6. The molecule has 1 aliphatic rings. The molecule has 2 amide bonds. The van der Waals surface area contributed by atoms with Gasteiger partial charge in [0.2, 0.25) is 5.91 Å². The molecule has 0 bridgehead atoms. The number of amides is 2. The summed E-state index contributed by atoms with van der Waals surface area (Å²) in [5.41, 5.74) is 2.56. The minimum Gasteiger partial charge on any atom is -0.481 e. The molecule has 1 fully saturated rings. The van der Waals surface area contributed by atoms with Gasteiger partial charge in [-0.1, -0.05) is 18.2 Å². The van der Waals surface area contributed by atoms with Crippen LogP contribution in [0.5, 0.6) is 5.75 Å². The molecular weight excluding hydrogens is 372 g/mol. The van der Waals surface area contributed by atoms with Crippen LogP contribution in [-0.2, 0) is 9.59 Å². The van der Waals surface area contributed by atoms with E-state index < -0.39 is 18.6 Å². The predicted molar refractivity (Wildman–Crippen MR) is 108 cm³/mol. The van der Waals surface area contributed by atoms with Crippen LogP contribution in [0.4, 0.5) is 5.69 Å². The number of aryl methyl sites for hydroxylation is 2. The topological polar surface area (TPSA) is 95.9 Å². The SMILES string of the molecule is Cc1cc(C(=O)NC2CCCN(c3ccccc3)C2=O)cc(C)c1OCC(=O)O. The van der Waals surface area contributed by atoms with Crippen LogP contribution in [-0.4, -0.2) is 42.1 Å². The monoisotopic (exact) mass is 396 g/mol. The van der Waals surface area contributed by atoms with Gasteiger partial charge in [0, 0.05) is 17.8 Å². The van der Waals surface area contributed by atoms with Crippen molar-refractivity contribution in [3.63, 3.8) is 0 Å². The van der Waals surface area contributed by atoms with Gasteiger partial charge in [-0.15, -0.1) is 0 Å². The Morgan fingerprint density at radius 1 is 1.17 bits per heavy atom. The summed E-state index contributed by atoms with van der Waals surface area (Å²) >= 11 is 0. The fourth-order valence-corrected chi connectivity index (χ4v) is 3.56. The van der Waals surface area contributed by atoms with E-state index in [1.165, 1.54) is 0 Å². The Labute approximate surface area is 169 Å². The number of carbonyl (C=O) groups is 3. The van der Waals surface area contributed by atoms with Crippen molar-refractivity contribution in [2.75, 3.05) is 18.1 Å². The van der Waals surface area contributed by atoms with Crippen molar-refractivity contribution < 1.29 is 24.2 Å². The zero-order valence-corrected chi connectivity index (χ0v) is 16.5. The highest BCUT2D eigenvalue weighted by molar-refractivity contribution is 6.03. The van der Waals surface area contributed by atoms with Crippen LogP contribution in [0.2, 0.25) is 0 Å². The van der Waals surface area contributed by atoms with Gasteiger partial charge >= 0.3 is 5.97 Å². The molecule has 29 heavy (non-hydrogen) atoms. The normalized spacial score (nSPS) is 16.4. The second-order valence-electron chi connectivity index (χ2n) is 7.12. The highest BCUT2D eigenvalue weighted by Gasteiger charge is 2.31. The van der Waals surface area contributed by atoms with E-state index in [0.29, 0.717) is 35.4 Å². The quantitative estimate of drug-likeness (QED) is 0.783. The summed E-state index contributed by atoms with van der Waals surface area (Å²) in [7, 11) is 0. The minimum atomic E-state index is -1.07. The van der Waals surface area contributed by atoms with Gasteiger partial charge in [0.1, 0.15) is 11.8 Å². The Morgan fingerprint density at radius 2 is 1.83 bits per heavy atom. The van der Waals surface area contributed by atoms with E-state index in [4.69, 9.17) is 9.84 Å². The molecule has 2 N–H and O–H groups in total. The van der Waals surface area contributed by atoms with Gasteiger partial charge in [-0.05, 0) is 62.1 Å². The smallest absolute Gasteiger partial charge is 0.341 e. The number of anilines is 1. The van der Waals surface area contributed by atoms with E-state index in [0.717, 1.165) is 12.1 Å². The third kappa shape index (κ3) is 4.74. The van der Waals surface area contributed by atoms with Gasteiger partial charge in [-0.2, -0.15) is 0 Å². The molecule has 1 atom stereocenters.